The Morgan fingerprint density at radius 2 is 1.68 bits per heavy atom. The average molecular weight is 299 g/mol. The smallest absolute Gasteiger partial charge is 0.163 e. The maximum absolute atomic E-state index is 12.9. The van der Waals surface area contributed by atoms with Crippen molar-refractivity contribution < 1.29 is 4.79 Å². The number of carbonyl (C=O) groups excluding carboxylic acids is 1. The van der Waals surface area contributed by atoms with Gasteiger partial charge in [0.15, 0.2) is 5.78 Å². The molecule has 0 aromatic heterocycles. The van der Waals surface area contributed by atoms with Crippen molar-refractivity contribution in [2.75, 3.05) is 13.1 Å². The number of rotatable bonds is 4. The molecule has 22 heavy (non-hydrogen) atoms. The molecule has 0 bridgehead atoms. The van der Waals surface area contributed by atoms with Crippen molar-refractivity contribution in [2.45, 2.75) is 65.3 Å². The Kier molecular flexibility index (Phi) is 4.67. The Bertz CT molecular complexity index is 534. The Hall–Kier alpha value is -1.15. The molecule has 1 saturated heterocycles. The van der Waals surface area contributed by atoms with E-state index in [1.807, 2.05) is 0 Å². The SMILES string of the molecule is Cc1cc(C)c(C(=O)C[C@H]2CCC[C@H]2N2CCCC2)c(C)c1. The zero-order chi connectivity index (χ0) is 15.7. The Morgan fingerprint density at radius 3 is 2.32 bits per heavy atom. The summed E-state index contributed by atoms with van der Waals surface area (Å²) in [6.45, 7) is 8.77. The minimum atomic E-state index is 0.367. The van der Waals surface area contributed by atoms with Crippen LogP contribution in [0.3, 0.4) is 0 Å². The molecule has 1 saturated carbocycles. The molecule has 1 aromatic carbocycles. The number of ketones is 1. The predicted octanol–water partition coefficient (Wildman–Crippen LogP) is 4.45. The summed E-state index contributed by atoms with van der Waals surface area (Å²) >= 11 is 0. The quantitative estimate of drug-likeness (QED) is 0.766. The summed E-state index contributed by atoms with van der Waals surface area (Å²) in [7, 11) is 0. The molecule has 120 valence electrons. The molecule has 0 amide bonds. The number of hydrogen-bond donors (Lipinski definition) is 0. The average Bonchev–Trinajstić information content (AvgIpc) is 3.07. The Labute approximate surface area is 134 Å². The van der Waals surface area contributed by atoms with Gasteiger partial charge in [0.25, 0.3) is 0 Å². The molecule has 1 heterocycles. The standard InChI is InChI=1S/C20H29NO/c1-14-11-15(2)20(16(3)12-14)19(22)13-17-7-6-8-18(17)21-9-4-5-10-21/h11-12,17-18H,4-10,13H2,1-3H3/t17-,18-/m1/s1. The van der Waals surface area contributed by atoms with E-state index in [-0.39, 0.29) is 0 Å². The molecular weight excluding hydrogens is 270 g/mol. The first-order valence-corrected chi connectivity index (χ1v) is 8.91. The third-order valence-corrected chi connectivity index (χ3v) is 5.63. The van der Waals surface area contributed by atoms with Crippen molar-refractivity contribution >= 4 is 5.78 Å². The number of likely N-dealkylation sites (tertiary alicyclic amines) is 1. The van der Waals surface area contributed by atoms with E-state index >= 15 is 0 Å². The number of Topliss-reactive ketones (excluding diaryl/α,β-unsaturated/α-hetero) is 1. The number of hydrogen-bond acceptors (Lipinski definition) is 2. The van der Waals surface area contributed by atoms with Crippen LogP contribution in [0.1, 0.15) is 65.6 Å². The van der Waals surface area contributed by atoms with Crippen LogP contribution in [0.25, 0.3) is 0 Å². The van der Waals surface area contributed by atoms with Gasteiger partial charge in [-0.1, -0.05) is 24.1 Å². The van der Waals surface area contributed by atoms with Crippen molar-refractivity contribution in [1.29, 1.82) is 0 Å². The fraction of sp³-hybridized carbons (Fsp3) is 0.650. The summed E-state index contributed by atoms with van der Waals surface area (Å²) in [5.74, 6) is 0.941. The van der Waals surface area contributed by atoms with Crippen molar-refractivity contribution in [2.24, 2.45) is 5.92 Å². The van der Waals surface area contributed by atoms with Gasteiger partial charge in [0.1, 0.15) is 0 Å². The lowest BCUT2D eigenvalue weighted by Crippen LogP contribution is -2.36. The molecule has 2 atom stereocenters. The van der Waals surface area contributed by atoms with E-state index in [2.05, 4.69) is 37.8 Å². The van der Waals surface area contributed by atoms with Crippen LogP contribution in [0.4, 0.5) is 0 Å². The van der Waals surface area contributed by atoms with Crippen LogP contribution in [0.15, 0.2) is 12.1 Å². The summed E-state index contributed by atoms with van der Waals surface area (Å²) in [6.07, 6.45) is 7.25. The van der Waals surface area contributed by atoms with E-state index in [0.29, 0.717) is 17.7 Å². The Balaban J connectivity index is 1.73. The van der Waals surface area contributed by atoms with Gasteiger partial charge in [0.2, 0.25) is 0 Å². The van der Waals surface area contributed by atoms with E-state index in [1.165, 1.54) is 50.8 Å². The highest BCUT2D eigenvalue weighted by molar-refractivity contribution is 5.99. The van der Waals surface area contributed by atoms with Gasteiger partial charge in [-0.2, -0.15) is 0 Å². The van der Waals surface area contributed by atoms with Gasteiger partial charge in [-0.3, -0.25) is 4.79 Å². The lowest BCUT2D eigenvalue weighted by Gasteiger charge is -2.29. The van der Waals surface area contributed by atoms with Crippen LogP contribution < -0.4 is 0 Å². The summed E-state index contributed by atoms with van der Waals surface area (Å²) < 4.78 is 0. The number of aryl methyl sites for hydroxylation is 3. The maximum Gasteiger partial charge on any atom is 0.163 e. The van der Waals surface area contributed by atoms with Crippen molar-refractivity contribution in [1.82, 2.24) is 4.90 Å². The molecule has 0 unspecified atom stereocenters. The number of benzene rings is 1. The molecule has 2 nitrogen and oxygen atoms in total. The highest BCUT2D eigenvalue weighted by Gasteiger charge is 2.34. The largest absolute Gasteiger partial charge is 0.300 e. The summed E-state index contributed by atoms with van der Waals surface area (Å²) in [4.78, 5) is 15.5. The van der Waals surface area contributed by atoms with E-state index in [4.69, 9.17) is 0 Å². The normalized spacial score (nSPS) is 25.8. The third kappa shape index (κ3) is 3.12. The van der Waals surface area contributed by atoms with Crippen LogP contribution in [0, 0.1) is 26.7 Å². The molecule has 2 aliphatic rings. The number of nitrogens with zero attached hydrogens (tertiary/aromatic N) is 1. The van der Waals surface area contributed by atoms with Crippen LogP contribution >= 0.6 is 0 Å². The van der Waals surface area contributed by atoms with Crippen molar-refractivity contribution in [3.8, 4) is 0 Å². The molecule has 0 radical (unpaired) electrons. The molecule has 1 aliphatic heterocycles. The van der Waals surface area contributed by atoms with Gasteiger partial charge in [-0.05, 0) is 76.6 Å². The van der Waals surface area contributed by atoms with Gasteiger partial charge in [0.05, 0.1) is 0 Å². The van der Waals surface area contributed by atoms with E-state index in [1.54, 1.807) is 0 Å². The fourth-order valence-corrected chi connectivity index (χ4v) is 4.77. The fourth-order valence-electron chi connectivity index (χ4n) is 4.77. The lowest BCUT2D eigenvalue weighted by molar-refractivity contribution is 0.0929. The highest BCUT2D eigenvalue weighted by atomic mass is 16.1. The van der Waals surface area contributed by atoms with Crippen molar-refractivity contribution in [3.05, 3.63) is 34.4 Å². The molecule has 2 fully saturated rings. The monoisotopic (exact) mass is 299 g/mol. The van der Waals surface area contributed by atoms with E-state index < -0.39 is 0 Å². The molecule has 1 aromatic rings. The van der Waals surface area contributed by atoms with Crippen molar-refractivity contribution in [3.63, 3.8) is 0 Å². The van der Waals surface area contributed by atoms with Crippen LogP contribution in [0.5, 0.6) is 0 Å². The Morgan fingerprint density at radius 1 is 1.05 bits per heavy atom. The molecule has 3 rings (SSSR count). The first-order chi connectivity index (χ1) is 10.6. The first kappa shape index (κ1) is 15.7. The minimum Gasteiger partial charge on any atom is -0.300 e. The lowest BCUT2D eigenvalue weighted by atomic mass is 9.89. The summed E-state index contributed by atoms with van der Waals surface area (Å²) in [5, 5.41) is 0. The van der Waals surface area contributed by atoms with Crippen LogP contribution in [-0.4, -0.2) is 29.8 Å². The highest BCUT2D eigenvalue weighted by Crippen LogP contribution is 2.35. The zero-order valence-electron chi connectivity index (χ0n) is 14.3. The van der Waals surface area contributed by atoms with Gasteiger partial charge < -0.3 is 4.90 Å². The summed E-state index contributed by atoms with van der Waals surface area (Å²) in [6, 6.07) is 4.96. The molecule has 0 spiro atoms. The van der Waals surface area contributed by atoms with Crippen LogP contribution in [-0.2, 0) is 0 Å². The second-order valence-electron chi connectivity index (χ2n) is 7.40. The minimum absolute atomic E-state index is 0.367. The molecule has 0 N–H and O–H groups in total. The molecule has 1 aliphatic carbocycles. The van der Waals surface area contributed by atoms with E-state index in [9.17, 15) is 4.79 Å². The topological polar surface area (TPSA) is 20.3 Å². The van der Waals surface area contributed by atoms with E-state index in [0.717, 1.165) is 23.1 Å². The first-order valence-electron chi connectivity index (χ1n) is 8.91. The second kappa shape index (κ2) is 6.54. The van der Waals surface area contributed by atoms with Gasteiger partial charge in [-0.15, -0.1) is 0 Å². The predicted molar refractivity (Wildman–Crippen MR) is 91.5 cm³/mol. The number of carbonyl (C=O) groups is 1. The van der Waals surface area contributed by atoms with Gasteiger partial charge in [-0.25, -0.2) is 0 Å². The van der Waals surface area contributed by atoms with Gasteiger partial charge >= 0.3 is 0 Å². The maximum atomic E-state index is 12.9. The molecule has 2 heteroatoms. The van der Waals surface area contributed by atoms with Crippen LogP contribution in [0.2, 0.25) is 0 Å². The zero-order valence-corrected chi connectivity index (χ0v) is 14.3. The third-order valence-electron chi connectivity index (χ3n) is 5.63. The van der Waals surface area contributed by atoms with Gasteiger partial charge in [0, 0.05) is 18.0 Å². The summed E-state index contributed by atoms with van der Waals surface area (Å²) in [5.41, 5.74) is 4.54. The molecular formula is C20H29NO. The second-order valence-corrected chi connectivity index (χ2v) is 7.40.